The van der Waals surface area contributed by atoms with Crippen LogP contribution in [-0.2, 0) is 0 Å². The molecule has 1 unspecified atom stereocenters. The van der Waals surface area contributed by atoms with Gasteiger partial charge in [0.15, 0.2) is 5.78 Å². The zero-order valence-electron chi connectivity index (χ0n) is 11.1. The molecule has 0 fully saturated rings. The first-order valence-corrected chi connectivity index (χ1v) is 6.13. The highest BCUT2D eigenvalue weighted by Crippen LogP contribution is 2.22. The van der Waals surface area contributed by atoms with Crippen LogP contribution in [0.1, 0.15) is 27.5 Å². The van der Waals surface area contributed by atoms with Crippen LogP contribution in [0.3, 0.4) is 0 Å². The van der Waals surface area contributed by atoms with Gasteiger partial charge in [-0.2, -0.15) is 0 Å². The molecule has 0 aliphatic carbocycles. The number of benzene rings is 2. The van der Waals surface area contributed by atoms with E-state index in [4.69, 9.17) is 10.5 Å². The van der Waals surface area contributed by atoms with Gasteiger partial charge in [-0.1, -0.05) is 30.3 Å². The normalized spacial score (nSPS) is 11.9. The summed E-state index contributed by atoms with van der Waals surface area (Å²) in [5.41, 5.74) is 8.36. The predicted octanol–water partition coefficient (Wildman–Crippen LogP) is 2.89. The summed E-state index contributed by atoms with van der Waals surface area (Å²) in [6.07, 6.45) is 0. The summed E-state index contributed by atoms with van der Waals surface area (Å²) in [5, 5.41) is 0. The number of rotatable bonds is 4. The number of ketones is 1. The summed E-state index contributed by atoms with van der Waals surface area (Å²) >= 11 is 0. The molecular weight excluding hydrogens is 238 g/mol. The monoisotopic (exact) mass is 255 g/mol. The quantitative estimate of drug-likeness (QED) is 0.855. The zero-order valence-corrected chi connectivity index (χ0v) is 11.1. The van der Waals surface area contributed by atoms with E-state index in [0.29, 0.717) is 5.56 Å². The first kappa shape index (κ1) is 13.3. The molecule has 0 amide bonds. The van der Waals surface area contributed by atoms with Gasteiger partial charge in [-0.15, -0.1) is 0 Å². The SMILES string of the molecule is COc1ccc(C(=O)C(N)c2ccccc2)c(C)c1. The summed E-state index contributed by atoms with van der Waals surface area (Å²) < 4.78 is 5.13. The molecule has 0 radical (unpaired) electrons. The van der Waals surface area contributed by atoms with Crippen LogP contribution in [0.5, 0.6) is 5.75 Å². The molecular formula is C16H17NO2. The van der Waals surface area contributed by atoms with Gasteiger partial charge >= 0.3 is 0 Å². The number of carbonyl (C=O) groups excluding carboxylic acids is 1. The van der Waals surface area contributed by atoms with E-state index in [0.717, 1.165) is 16.9 Å². The van der Waals surface area contributed by atoms with Gasteiger partial charge in [0.1, 0.15) is 5.75 Å². The highest BCUT2D eigenvalue weighted by Gasteiger charge is 2.19. The van der Waals surface area contributed by atoms with E-state index in [1.54, 1.807) is 19.2 Å². The Morgan fingerprint density at radius 3 is 2.42 bits per heavy atom. The van der Waals surface area contributed by atoms with Crippen molar-refractivity contribution in [3.8, 4) is 5.75 Å². The molecule has 0 bridgehead atoms. The second-order valence-corrected chi connectivity index (χ2v) is 4.43. The molecule has 0 saturated carbocycles. The molecule has 0 saturated heterocycles. The Morgan fingerprint density at radius 1 is 1.16 bits per heavy atom. The number of hydrogen-bond acceptors (Lipinski definition) is 3. The topological polar surface area (TPSA) is 52.3 Å². The van der Waals surface area contributed by atoms with Crippen molar-refractivity contribution >= 4 is 5.78 Å². The number of ether oxygens (including phenoxy) is 1. The van der Waals surface area contributed by atoms with Crippen LogP contribution in [0.2, 0.25) is 0 Å². The summed E-state index contributed by atoms with van der Waals surface area (Å²) in [6.45, 7) is 1.88. The Balaban J connectivity index is 2.29. The molecule has 0 aliphatic heterocycles. The van der Waals surface area contributed by atoms with Crippen molar-refractivity contribution in [2.24, 2.45) is 5.73 Å². The maximum atomic E-state index is 12.4. The molecule has 1 atom stereocenters. The van der Waals surface area contributed by atoms with Crippen LogP contribution >= 0.6 is 0 Å². The smallest absolute Gasteiger partial charge is 0.184 e. The number of hydrogen-bond donors (Lipinski definition) is 1. The van der Waals surface area contributed by atoms with E-state index in [1.165, 1.54) is 0 Å². The molecule has 0 aliphatic rings. The van der Waals surface area contributed by atoms with Crippen molar-refractivity contribution in [1.82, 2.24) is 0 Å². The second-order valence-electron chi connectivity index (χ2n) is 4.43. The number of aryl methyl sites for hydroxylation is 1. The van der Waals surface area contributed by atoms with Crippen LogP contribution in [0.25, 0.3) is 0 Å². The molecule has 0 aromatic heterocycles. The van der Waals surface area contributed by atoms with Crippen LogP contribution in [0, 0.1) is 6.92 Å². The maximum Gasteiger partial charge on any atom is 0.184 e. The lowest BCUT2D eigenvalue weighted by Crippen LogP contribution is -2.22. The van der Waals surface area contributed by atoms with E-state index < -0.39 is 6.04 Å². The summed E-state index contributed by atoms with van der Waals surface area (Å²) in [4.78, 5) is 12.4. The van der Waals surface area contributed by atoms with Gasteiger partial charge in [0.2, 0.25) is 0 Å². The van der Waals surface area contributed by atoms with E-state index >= 15 is 0 Å². The second kappa shape index (κ2) is 5.67. The van der Waals surface area contributed by atoms with Crippen molar-refractivity contribution in [3.05, 3.63) is 65.2 Å². The number of carbonyl (C=O) groups is 1. The summed E-state index contributed by atoms with van der Waals surface area (Å²) in [6, 6.07) is 14.1. The fraction of sp³-hybridized carbons (Fsp3) is 0.188. The van der Waals surface area contributed by atoms with Crippen molar-refractivity contribution in [2.45, 2.75) is 13.0 Å². The Kier molecular flexibility index (Phi) is 3.97. The molecule has 3 heteroatoms. The molecule has 19 heavy (non-hydrogen) atoms. The van der Waals surface area contributed by atoms with E-state index in [-0.39, 0.29) is 5.78 Å². The molecule has 2 rings (SSSR count). The van der Waals surface area contributed by atoms with Gasteiger partial charge in [-0.05, 0) is 36.2 Å². The zero-order chi connectivity index (χ0) is 13.8. The minimum atomic E-state index is -0.631. The predicted molar refractivity (Wildman–Crippen MR) is 75.4 cm³/mol. The number of methoxy groups -OCH3 is 1. The fourth-order valence-electron chi connectivity index (χ4n) is 2.02. The third kappa shape index (κ3) is 2.83. The third-order valence-corrected chi connectivity index (χ3v) is 3.14. The molecule has 2 aromatic carbocycles. The molecule has 3 nitrogen and oxygen atoms in total. The number of Topliss-reactive ketones (excluding diaryl/α,β-unsaturated/α-hetero) is 1. The minimum Gasteiger partial charge on any atom is -0.497 e. The third-order valence-electron chi connectivity index (χ3n) is 3.14. The van der Waals surface area contributed by atoms with Gasteiger partial charge in [0, 0.05) is 5.56 Å². The average Bonchev–Trinajstić information content (AvgIpc) is 2.46. The minimum absolute atomic E-state index is 0.0775. The van der Waals surface area contributed by atoms with Crippen LogP contribution in [0.15, 0.2) is 48.5 Å². The van der Waals surface area contributed by atoms with Crippen molar-refractivity contribution in [1.29, 1.82) is 0 Å². The lowest BCUT2D eigenvalue weighted by Gasteiger charge is -2.13. The van der Waals surface area contributed by atoms with Gasteiger partial charge in [-0.3, -0.25) is 4.79 Å². The lowest BCUT2D eigenvalue weighted by molar-refractivity contribution is 0.0960. The van der Waals surface area contributed by atoms with Gasteiger partial charge in [0.05, 0.1) is 13.2 Å². The lowest BCUT2D eigenvalue weighted by atomic mass is 9.95. The fourth-order valence-corrected chi connectivity index (χ4v) is 2.02. The van der Waals surface area contributed by atoms with Gasteiger partial charge in [-0.25, -0.2) is 0 Å². The Hall–Kier alpha value is -2.13. The standard InChI is InChI=1S/C16H17NO2/c1-11-10-13(19-2)8-9-14(11)16(18)15(17)12-6-4-3-5-7-12/h3-10,15H,17H2,1-2H3. The summed E-state index contributed by atoms with van der Waals surface area (Å²) in [7, 11) is 1.60. The van der Waals surface area contributed by atoms with Crippen molar-refractivity contribution in [3.63, 3.8) is 0 Å². The first-order valence-electron chi connectivity index (χ1n) is 6.13. The average molecular weight is 255 g/mol. The van der Waals surface area contributed by atoms with Crippen molar-refractivity contribution in [2.75, 3.05) is 7.11 Å². The van der Waals surface area contributed by atoms with Crippen molar-refractivity contribution < 1.29 is 9.53 Å². The highest BCUT2D eigenvalue weighted by molar-refractivity contribution is 6.01. The Labute approximate surface area is 113 Å². The van der Waals surface area contributed by atoms with E-state index in [2.05, 4.69) is 0 Å². The summed E-state index contributed by atoms with van der Waals surface area (Å²) in [5.74, 6) is 0.661. The molecule has 0 spiro atoms. The van der Waals surface area contributed by atoms with E-state index in [1.807, 2.05) is 43.3 Å². The van der Waals surface area contributed by atoms with Crippen LogP contribution < -0.4 is 10.5 Å². The molecule has 0 heterocycles. The molecule has 2 N–H and O–H groups in total. The Bertz CT molecular complexity index is 579. The van der Waals surface area contributed by atoms with Crippen LogP contribution in [0.4, 0.5) is 0 Å². The van der Waals surface area contributed by atoms with Gasteiger partial charge in [0.25, 0.3) is 0 Å². The van der Waals surface area contributed by atoms with Crippen LogP contribution in [-0.4, -0.2) is 12.9 Å². The largest absolute Gasteiger partial charge is 0.497 e. The maximum absolute atomic E-state index is 12.4. The Morgan fingerprint density at radius 2 is 1.84 bits per heavy atom. The first-order chi connectivity index (χ1) is 9.13. The van der Waals surface area contributed by atoms with E-state index in [9.17, 15) is 4.79 Å². The molecule has 2 aromatic rings. The molecule has 98 valence electrons. The highest BCUT2D eigenvalue weighted by atomic mass is 16.5. The number of nitrogens with two attached hydrogens (primary N) is 1. The van der Waals surface area contributed by atoms with Gasteiger partial charge < -0.3 is 10.5 Å².